The van der Waals surface area contributed by atoms with Gasteiger partial charge in [-0.2, -0.15) is 0 Å². The van der Waals surface area contributed by atoms with Crippen molar-refractivity contribution in [3.05, 3.63) is 148 Å². The normalized spacial score (nSPS) is 17.3. The number of nitrogens with zero attached hydrogens (tertiary/aromatic N) is 1. The van der Waals surface area contributed by atoms with E-state index in [1.807, 2.05) is 61.5 Å². The van der Waals surface area contributed by atoms with E-state index in [1.54, 1.807) is 104 Å². The fourth-order valence-electron chi connectivity index (χ4n) is 8.01. The summed E-state index contributed by atoms with van der Waals surface area (Å²) in [6.45, 7) is 8.69. The first-order valence-corrected chi connectivity index (χ1v) is 23.9. The van der Waals surface area contributed by atoms with Gasteiger partial charge in [0, 0.05) is 39.6 Å². The van der Waals surface area contributed by atoms with Gasteiger partial charge in [0.25, 0.3) is 11.8 Å². The van der Waals surface area contributed by atoms with Crippen molar-refractivity contribution in [2.75, 3.05) is 74.0 Å². The van der Waals surface area contributed by atoms with Crippen LogP contribution in [-0.2, 0) is 41.6 Å². The van der Waals surface area contributed by atoms with Gasteiger partial charge in [-0.25, -0.2) is 4.90 Å². The monoisotopic (exact) mass is 991 g/mol. The van der Waals surface area contributed by atoms with Crippen molar-refractivity contribution in [3.8, 4) is 23.0 Å². The van der Waals surface area contributed by atoms with Gasteiger partial charge in [-0.15, -0.1) is 0 Å². The summed E-state index contributed by atoms with van der Waals surface area (Å²) in [4.78, 5) is 48.8. The lowest BCUT2D eigenvalue weighted by atomic mass is 10.1. The van der Waals surface area contributed by atoms with E-state index in [1.165, 1.54) is 6.92 Å². The lowest BCUT2D eigenvalue weighted by molar-refractivity contribution is -0.0267. The Hall–Kier alpha value is -6.46. The molecule has 0 spiro atoms. The van der Waals surface area contributed by atoms with Crippen LogP contribution in [0.4, 0.5) is 5.69 Å². The number of benzene rings is 5. The Labute approximate surface area is 423 Å². The number of imide groups is 1. The van der Waals surface area contributed by atoms with E-state index in [9.17, 15) is 19.2 Å². The molecule has 0 unspecified atom stereocenters. The number of hydrogen-bond acceptors (Lipinski definition) is 14. The molecule has 15 nitrogen and oxygen atoms in total. The highest BCUT2D eigenvalue weighted by Crippen LogP contribution is 2.31. The lowest BCUT2D eigenvalue weighted by Crippen LogP contribution is -2.32. The van der Waals surface area contributed by atoms with Crippen LogP contribution in [0.1, 0.15) is 97.7 Å². The maximum absolute atomic E-state index is 12.6. The van der Waals surface area contributed by atoms with Gasteiger partial charge in [-0.05, 0) is 154 Å². The van der Waals surface area contributed by atoms with Crippen molar-refractivity contribution in [2.24, 2.45) is 0 Å². The molecule has 2 fully saturated rings. The Bertz CT molecular complexity index is 2470. The third kappa shape index (κ3) is 16.0. The molecule has 8 rings (SSSR count). The van der Waals surface area contributed by atoms with E-state index in [4.69, 9.17) is 47.4 Å². The first kappa shape index (κ1) is 56.5. The zero-order chi connectivity index (χ0) is 52.0. The largest absolute Gasteiger partial charge is 0.497 e. The zero-order valence-corrected chi connectivity index (χ0v) is 42.9. The maximum atomic E-state index is 12.6. The summed E-state index contributed by atoms with van der Waals surface area (Å²) in [5, 5.41) is 0. The van der Waals surface area contributed by atoms with Crippen LogP contribution < -0.4 is 23.8 Å². The van der Waals surface area contributed by atoms with Crippen molar-refractivity contribution in [2.45, 2.75) is 84.1 Å². The number of rotatable bonds is 20. The third-order valence-corrected chi connectivity index (χ3v) is 12.0. The molecule has 3 heterocycles. The highest BCUT2D eigenvalue weighted by molar-refractivity contribution is 6.34. The number of ether oxygens (including phenoxy) is 10. The quantitative estimate of drug-likeness (QED) is 0.0411. The maximum Gasteiger partial charge on any atom is 0.266 e. The molecule has 5 aromatic rings. The van der Waals surface area contributed by atoms with E-state index in [-0.39, 0.29) is 47.8 Å². The molecule has 0 aliphatic carbocycles. The fraction of sp³-hybridized carbons (Fsp3) is 0.404. The number of unbranched alkanes of at least 4 members (excludes halogenated alkanes) is 3. The number of methoxy groups -OCH3 is 6. The van der Waals surface area contributed by atoms with Crippen molar-refractivity contribution in [1.82, 2.24) is 0 Å². The number of anilines is 1. The molecule has 15 heteroatoms. The smallest absolute Gasteiger partial charge is 0.266 e. The van der Waals surface area contributed by atoms with E-state index in [0.29, 0.717) is 61.0 Å². The summed E-state index contributed by atoms with van der Waals surface area (Å²) in [7, 11) is 9.94. The summed E-state index contributed by atoms with van der Waals surface area (Å²) in [6, 6.07) is 32.6. The van der Waals surface area contributed by atoms with Crippen LogP contribution in [-0.4, -0.2) is 117 Å². The van der Waals surface area contributed by atoms with Crippen LogP contribution in [0, 0.1) is 6.92 Å². The van der Waals surface area contributed by atoms with Gasteiger partial charge in [0.15, 0.2) is 11.6 Å². The molecule has 0 saturated carbocycles. The van der Waals surface area contributed by atoms with Gasteiger partial charge in [-0.3, -0.25) is 19.2 Å². The fourth-order valence-corrected chi connectivity index (χ4v) is 8.01. The third-order valence-electron chi connectivity index (χ3n) is 12.0. The number of ketones is 2. The van der Waals surface area contributed by atoms with Crippen molar-refractivity contribution in [1.29, 1.82) is 0 Å². The number of Topliss-reactive ketones (excluding diaryl/α,β-unsaturated/α-hetero) is 2. The second kappa shape index (κ2) is 29.2. The minimum atomic E-state index is -0.362. The highest BCUT2D eigenvalue weighted by atomic mass is 16.6. The minimum Gasteiger partial charge on any atom is -0.497 e. The Balaban J connectivity index is 0.000000189. The number of carbonyl (C=O) groups excluding carboxylic acids is 4. The first-order valence-electron chi connectivity index (χ1n) is 23.9. The molecule has 5 aromatic carbocycles. The second-order valence-electron chi connectivity index (χ2n) is 17.1. The molecular weight excluding hydrogens is 923 g/mol. The van der Waals surface area contributed by atoms with Crippen molar-refractivity contribution < 1.29 is 66.5 Å². The number of hydrogen-bond donors (Lipinski definition) is 0. The van der Waals surface area contributed by atoms with Crippen LogP contribution in [0.5, 0.6) is 23.0 Å². The molecule has 72 heavy (non-hydrogen) atoms. The number of fused-ring (bicyclic) bond motifs is 2. The van der Waals surface area contributed by atoms with Gasteiger partial charge >= 0.3 is 0 Å². The summed E-state index contributed by atoms with van der Waals surface area (Å²) in [5.41, 5.74) is 5.53. The van der Waals surface area contributed by atoms with Crippen LogP contribution in [0.2, 0.25) is 0 Å². The molecule has 2 amide bonds. The summed E-state index contributed by atoms with van der Waals surface area (Å²) in [6.07, 6.45) is 4.58. The summed E-state index contributed by atoms with van der Waals surface area (Å²) < 4.78 is 53.2. The molecule has 0 aromatic heterocycles. The van der Waals surface area contributed by atoms with E-state index >= 15 is 0 Å². The summed E-state index contributed by atoms with van der Waals surface area (Å²) >= 11 is 0. The number of carbonyl (C=O) groups is 4. The standard InChI is InChI=1S/C22H28O4.C18H15NO4.C9H12O2.C8H14O4/c1-18(23)20-9-13-22(14-10-20)26-16-6-4-3-5-15-25-21-11-7-19(8-12-21)17-24-2;1-11(20)13-4-6-14(7-5-13)19-17(21)15-8-3-12(10-23-2)9-16(15)18(19)22;1-7-6-8(10-2)4-5-9(7)11-3;1-9-5-3-11-8-6(10-2)4-12-7(5)8/h7-14H,3-6,15-17H2,1-2H3;3-9H,10H2,1-2H3;4-6H,1-3H3;5-8H,3-4H2,1-2H3/t;;;5-,6+,7-,8-/m...0/s1. The Morgan fingerprint density at radius 3 is 1.49 bits per heavy atom. The van der Waals surface area contributed by atoms with E-state index in [2.05, 4.69) is 0 Å². The van der Waals surface area contributed by atoms with Crippen molar-refractivity contribution >= 4 is 29.1 Å². The average molecular weight is 992 g/mol. The van der Waals surface area contributed by atoms with Gasteiger partial charge < -0.3 is 47.4 Å². The Morgan fingerprint density at radius 1 is 0.542 bits per heavy atom. The SMILES string of the molecule is COCc1ccc(OCCCCCCOc2ccc(C(C)=O)cc2)cc1.COCc1ccc2c(c1)C(=O)N(c1ccc(C(C)=O)cc1)C2=O.CO[C@H]1CO[C@@H]2[C@H]1OC[C@H]2OC.COc1ccc(OC)c(C)c1. The Kier molecular flexibility index (Phi) is 22.9. The topological polar surface area (TPSA) is 164 Å². The lowest BCUT2D eigenvalue weighted by Gasteiger charge is -2.14. The van der Waals surface area contributed by atoms with Gasteiger partial charge in [0.05, 0.1) is 70.7 Å². The van der Waals surface area contributed by atoms with Crippen LogP contribution in [0.15, 0.2) is 109 Å². The van der Waals surface area contributed by atoms with Crippen molar-refractivity contribution in [3.63, 3.8) is 0 Å². The number of aryl methyl sites for hydroxylation is 1. The zero-order valence-electron chi connectivity index (χ0n) is 42.9. The number of amides is 2. The van der Waals surface area contributed by atoms with Gasteiger partial charge in [0.2, 0.25) is 0 Å². The second-order valence-corrected chi connectivity index (χ2v) is 17.1. The molecule has 0 N–H and O–H groups in total. The molecule has 3 aliphatic heterocycles. The molecule has 4 atom stereocenters. The van der Waals surface area contributed by atoms with Gasteiger partial charge in [-0.1, -0.05) is 18.2 Å². The van der Waals surface area contributed by atoms with E-state index in [0.717, 1.165) is 76.9 Å². The minimum absolute atomic E-state index is 0.0666. The predicted molar refractivity (Wildman–Crippen MR) is 273 cm³/mol. The van der Waals surface area contributed by atoms with E-state index < -0.39 is 0 Å². The molecule has 2 saturated heterocycles. The molecular formula is C57H69NO14. The van der Waals surface area contributed by atoms with Crippen LogP contribution in [0.25, 0.3) is 0 Å². The highest BCUT2D eigenvalue weighted by Gasteiger charge is 2.48. The average Bonchev–Trinajstić information content (AvgIpc) is 4.07. The van der Waals surface area contributed by atoms with Gasteiger partial charge in [0.1, 0.15) is 47.4 Å². The first-order chi connectivity index (χ1) is 34.8. The molecule has 0 radical (unpaired) electrons. The molecule has 0 bridgehead atoms. The Morgan fingerprint density at radius 2 is 1.01 bits per heavy atom. The van der Waals surface area contributed by atoms with Crippen LogP contribution >= 0.6 is 0 Å². The molecule has 386 valence electrons. The summed E-state index contributed by atoms with van der Waals surface area (Å²) in [5.74, 6) is 2.77. The predicted octanol–water partition coefficient (Wildman–Crippen LogP) is 9.72. The molecule has 3 aliphatic rings. The van der Waals surface area contributed by atoms with Crippen LogP contribution in [0.3, 0.4) is 0 Å².